The maximum atomic E-state index is 12.5. The molecule has 3 heterocycles. The molecule has 2 aliphatic rings. The number of nitrogens with one attached hydrogen (secondary N) is 1. The van der Waals surface area contributed by atoms with Gasteiger partial charge in [0, 0.05) is 43.4 Å². The van der Waals surface area contributed by atoms with Gasteiger partial charge >= 0.3 is 0 Å². The summed E-state index contributed by atoms with van der Waals surface area (Å²) in [6, 6.07) is 4.88. The zero-order valence-corrected chi connectivity index (χ0v) is 16.2. The van der Waals surface area contributed by atoms with Gasteiger partial charge in [-0.1, -0.05) is 0 Å². The number of carbonyl (C=O) groups is 1. The van der Waals surface area contributed by atoms with E-state index < -0.39 is 0 Å². The Bertz CT molecular complexity index is 907. The monoisotopic (exact) mass is 386 g/mol. The van der Waals surface area contributed by atoms with Crippen molar-refractivity contribution < 1.29 is 19.0 Å². The summed E-state index contributed by atoms with van der Waals surface area (Å²) in [5.41, 5.74) is 0.891. The Hall–Kier alpha value is -2.54. The van der Waals surface area contributed by atoms with Crippen molar-refractivity contribution in [2.45, 2.75) is 25.7 Å². The Balaban J connectivity index is 1.34. The van der Waals surface area contributed by atoms with Crippen LogP contribution in [0.3, 0.4) is 0 Å². The highest BCUT2D eigenvalue weighted by Crippen LogP contribution is 2.39. The highest BCUT2D eigenvalue weighted by atomic mass is 16.5. The van der Waals surface area contributed by atoms with E-state index >= 15 is 0 Å². The van der Waals surface area contributed by atoms with Gasteiger partial charge in [0.25, 0.3) is 0 Å². The highest BCUT2D eigenvalue weighted by Gasteiger charge is 2.38. The van der Waals surface area contributed by atoms with Gasteiger partial charge in [-0.3, -0.25) is 9.59 Å². The van der Waals surface area contributed by atoms with Gasteiger partial charge in [-0.2, -0.15) is 0 Å². The summed E-state index contributed by atoms with van der Waals surface area (Å²) in [6.07, 6.45) is 5.07. The van der Waals surface area contributed by atoms with E-state index in [9.17, 15) is 9.59 Å². The lowest BCUT2D eigenvalue weighted by Gasteiger charge is -2.38. The van der Waals surface area contributed by atoms with Crippen LogP contribution in [0, 0.1) is 5.41 Å². The standard InChI is InChI=1S/C21H26N2O5/c1-26-18-12-15-16(22-7-2-17(15)24)13-19(18)28-10-3-20(25)23-8-4-21(5-9-23)6-11-27-14-21/h2,7,12-13H,3-6,8-11,14H2,1H3,(H,22,24). The Morgan fingerprint density at radius 3 is 2.79 bits per heavy atom. The number of hydrogen-bond donors (Lipinski definition) is 1. The fraction of sp³-hybridized carbons (Fsp3) is 0.524. The number of methoxy groups -OCH3 is 1. The number of aromatic amines is 1. The molecule has 150 valence electrons. The van der Waals surface area contributed by atoms with Crippen molar-refractivity contribution in [2.24, 2.45) is 5.41 Å². The maximum absolute atomic E-state index is 12.5. The minimum atomic E-state index is -0.0793. The first-order chi connectivity index (χ1) is 13.6. The molecule has 2 aromatic rings. The number of aromatic nitrogens is 1. The van der Waals surface area contributed by atoms with Crippen molar-refractivity contribution in [1.29, 1.82) is 0 Å². The third-order valence-electron chi connectivity index (χ3n) is 5.98. The van der Waals surface area contributed by atoms with Crippen molar-refractivity contribution in [2.75, 3.05) is 40.0 Å². The van der Waals surface area contributed by atoms with Crippen molar-refractivity contribution >= 4 is 16.8 Å². The highest BCUT2D eigenvalue weighted by molar-refractivity contribution is 5.82. The smallest absolute Gasteiger partial charge is 0.225 e. The molecule has 0 saturated carbocycles. The number of fused-ring (bicyclic) bond motifs is 1. The van der Waals surface area contributed by atoms with Gasteiger partial charge in [0.15, 0.2) is 16.9 Å². The first-order valence-corrected chi connectivity index (χ1v) is 9.78. The Morgan fingerprint density at radius 2 is 2.07 bits per heavy atom. The Morgan fingerprint density at radius 1 is 1.25 bits per heavy atom. The fourth-order valence-corrected chi connectivity index (χ4v) is 4.13. The van der Waals surface area contributed by atoms with Crippen LogP contribution in [-0.4, -0.2) is 55.8 Å². The Kier molecular flexibility index (Phi) is 5.26. The van der Waals surface area contributed by atoms with E-state index in [1.165, 1.54) is 13.2 Å². The van der Waals surface area contributed by atoms with Crippen molar-refractivity contribution in [3.8, 4) is 11.5 Å². The molecule has 4 rings (SSSR count). The van der Waals surface area contributed by atoms with Gasteiger partial charge < -0.3 is 24.1 Å². The summed E-state index contributed by atoms with van der Waals surface area (Å²) < 4.78 is 16.7. The van der Waals surface area contributed by atoms with E-state index in [1.54, 1.807) is 18.3 Å². The number of amides is 1. The molecule has 1 aromatic carbocycles. The summed E-state index contributed by atoms with van der Waals surface area (Å²) >= 11 is 0. The summed E-state index contributed by atoms with van der Waals surface area (Å²) in [4.78, 5) is 29.5. The molecule has 1 N–H and O–H groups in total. The number of benzene rings is 1. The third-order valence-corrected chi connectivity index (χ3v) is 5.98. The van der Waals surface area contributed by atoms with Crippen molar-refractivity contribution in [3.63, 3.8) is 0 Å². The molecule has 0 atom stereocenters. The first kappa shape index (κ1) is 18.8. The third kappa shape index (κ3) is 3.71. The molecule has 0 aliphatic carbocycles. The lowest BCUT2D eigenvalue weighted by Crippen LogP contribution is -2.43. The molecule has 0 bridgehead atoms. The number of nitrogens with zero attached hydrogens (tertiary/aromatic N) is 1. The molecule has 0 unspecified atom stereocenters. The first-order valence-electron chi connectivity index (χ1n) is 9.78. The summed E-state index contributed by atoms with van der Waals surface area (Å²) in [7, 11) is 1.53. The molecule has 7 nitrogen and oxygen atoms in total. The second-order valence-corrected chi connectivity index (χ2v) is 7.67. The minimum Gasteiger partial charge on any atom is -0.493 e. The normalized spacial score (nSPS) is 18.5. The van der Waals surface area contributed by atoms with Crippen LogP contribution >= 0.6 is 0 Å². The number of hydrogen-bond acceptors (Lipinski definition) is 5. The van der Waals surface area contributed by atoms with Gasteiger partial charge in [0.2, 0.25) is 5.91 Å². The summed E-state index contributed by atoms with van der Waals surface area (Å²) in [5.74, 6) is 1.12. The van der Waals surface area contributed by atoms with Crippen LogP contribution in [0.2, 0.25) is 0 Å². The average Bonchev–Trinajstić information content (AvgIpc) is 3.16. The predicted molar refractivity (Wildman–Crippen MR) is 105 cm³/mol. The van der Waals surface area contributed by atoms with E-state index in [0.717, 1.165) is 45.6 Å². The molecule has 1 amide bonds. The van der Waals surface area contributed by atoms with Crippen LogP contribution in [-0.2, 0) is 9.53 Å². The van der Waals surface area contributed by atoms with Crippen LogP contribution in [0.25, 0.3) is 10.9 Å². The average molecular weight is 386 g/mol. The summed E-state index contributed by atoms with van der Waals surface area (Å²) in [5, 5.41) is 0.543. The van der Waals surface area contributed by atoms with Gasteiger partial charge in [0.05, 0.1) is 32.3 Å². The van der Waals surface area contributed by atoms with E-state index in [2.05, 4.69) is 4.98 Å². The zero-order chi connectivity index (χ0) is 19.6. The SMILES string of the molecule is COc1cc2c(=O)cc[nH]c2cc1OCCC(=O)N1CCC2(CCOC2)CC1. The maximum Gasteiger partial charge on any atom is 0.225 e. The van der Waals surface area contributed by atoms with Gasteiger partial charge in [-0.15, -0.1) is 0 Å². The zero-order valence-electron chi connectivity index (χ0n) is 16.2. The van der Waals surface area contributed by atoms with E-state index in [1.807, 2.05) is 4.90 Å². The second-order valence-electron chi connectivity index (χ2n) is 7.67. The quantitative estimate of drug-likeness (QED) is 0.853. The van der Waals surface area contributed by atoms with Gasteiger partial charge in [0.1, 0.15) is 0 Å². The number of H-pyrrole nitrogens is 1. The van der Waals surface area contributed by atoms with Gasteiger partial charge in [-0.05, 0) is 30.7 Å². The number of piperidine rings is 1. The molecule has 28 heavy (non-hydrogen) atoms. The molecule has 2 saturated heterocycles. The van der Waals surface area contributed by atoms with Crippen LogP contribution in [0.5, 0.6) is 11.5 Å². The van der Waals surface area contributed by atoms with Crippen molar-refractivity contribution in [1.82, 2.24) is 9.88 Å². The summed E-state index contributed by atoms with van der Waals surface area (Å²) in [6.45, 7) is 3.54. The van der Waals surface area contributed by atoms with Crippen LogP contribution in [0.1, 0.15) is 25.7 Å². The number of carbonyl (C=O) groups excluding carboxylic acids is 1. The number of rotatable bonds is 5. The number of ether oxygens (including phenoxy) is 3. The molecular formula is C21H26N2O5. The predicted octanol–water partition coefficient (Wildman–Crippen LogP) is 2.33. The lowest BCUT2D eigenvalue weighted by molar-refractivity contribution is -0.134. The largest absolute Gasteiger partial charge is 0.493 e. The molecule has 0 radical (unpaired) electrons. The minimum absolute atomic E-state index is 0.0793. The molecular weight excluding hydrogens is 360 g/mol. The molecule has 1 aromatic heterocycles. The Labute approximate surface area is 163 Å². The van der Waals surface area contributed by atoms with E-state index in [0.29, 0.717) is 34.2 Å². The van der Waals surface area contributed by atoms with E-state index in [-0.39, 0.29) is 17.9 Å². The molecule has 1 spiro atoms. The number of likely N-dealkylation sites (tertiary alicyclic amines) is 1. The molecule has 2 fully saturated rings. The second kappa shape index (κ2) is 7.83. The van der Waals surface area contributed by atoms with Crippen molar-refractivity contribution in [3.05, 3.63) is 34.6 Å². The van der Waals surface area contributed by atoms with Gasteiger partial charge in [-0.25, -0.2) is 0 Å². The van der Waals surface area contributed by atoms with Crippen LogP contribution in [0.4, 0.5) is 0 Å². The number of pyridine rings is 1. The van der Waals surface area contributed by atoms with E-state index in [4.69, 9.17) is 14.2 Å². The lowest BCUT2D eigenvalue weighted by atomic mass is 9.78. The topological polar surface area (TPSA) is 80.9 Å². The van der Waals surface area contributed by atoms with Crippen LogP contribution < -0.4 is 14.9 Å². The molecule has 7 heteroatoms. The molecule has 2 aliphatic heterocycles. The fourth-order valence-electron chi connectivity index (χ4n) is 4.13. The van der Waals surface area contributed by atoms with Crippen LogP contribution in [0.15, 0.2) is 29.2 Å².